The van der Waals surface area contributed by atoms with Crippen LogP contribution in [0.3, 0.4) is 0 Å². The zero-order valence-electron chi connectivity index (χ0n) is 18.2. The molecule has 0 aromatic heterocycles. The van der Waals surface area contributed by atoms with Crippen LogP contribution in [0.25, 0.3) is 0 Å². The highest BCUT2D eigenvalue weighted by Crippen LogP contribution is 2.25. The van der Waals surface area contributed by atoms with E-state index in [1.807, 2.05) is 67.6 Å². The van der Waals surface area contributed by atoms with Gasteiger partial charge in [0.15, 0.2) is 6.29 Å². The summed E-state index contributed by atoms with van der Waals surface area (Å²) in [5.74, 6) is -1.54. The largest absolute Gasteiger partial charge is 0.481 e. The highest BCUT2D eigenvalue weighted by Gasteiger charge is 2.08. The Morgan fingerprint density at radius 2 is 1.06 bits per heavy atom. The molecule has 0 saturated heterocycles. The lowest BCUT2D eigenvalue weighted by molar-refractivity contribution is -0.138. The van der Waals surface area contributed by atoms with Crippen molar-refractivity contribution in [3.8, 4) is 0 Å². The van der Waals surface area contributed by atoms with E-state index in [1.54, 1.807) is 0 Å². The molecule has 0 radical (unpaired) electrons. The van der Waals surface area contributed by atoms with E-state index in [0.717, 1.165) is 17.5 Å². The Bertz CT molecular complexity index is 681. The maximum absolute atomic E-state index is 10.3. The molecule has 0 aliphatic rings. The summed E-state index contributed by atoms with van der Waals surface area (Å²) < 4.78 is 0. The molecule has 8 heteroatoms. The van der Waals surface area contributed by atoms with Crippen LogP contribution in [-0.4, -0.2) is 38.7 Å². The predicted octanol–water partition coefficient (Wildman–Crippen LogP) is 5.14. The van der Waals surface area contributed by atoms with E-state index in [0.29, 0.717) is 19.3 Å². The summed E-state index contributed by atoms with van der Waals surface area (Å²) in [6.45, 7) is 1.90. The first-order valence-corrected chi connectivity index (χ1v) is 11.5. The minimum atomic E-state index is -1.10. The minimum absolute atomic E-state index is 0.0253. The SMILES string of the molecule is CCCC(O)O.O=C(O)CCC(S)c1ccccc1.O=C(O)CCC(S)c1ccccc1. The van der Waals surface area contributed by atoms with Crippen LogP contribution < -0.4 is 0 Å². The summed E-state index contributed by atoms with van der Waals surface area (Å²) >= 11 is 8.66. The smallest absolute Gasteiger partial charge is 0.303 e. The average molecular weight is 483 g/mol. The Morgan fingerprint density at radius 3 is 1.28 bits per heavy atom. The van der Waals surface area contributed by atoms with Gasteiger partial charge in [-0.15, -0.1) is 0 Å². The Kier molecular flexibility index (Phi) is 17.4. The second-order valence-electron chi connectivity index (χ2n) is 6.99. The molecule has 178 valence electrons. The average Bonchev–Trinajstić information content (AvgIpc) is 2.77. The number of hydrogen-bond donors (Lipinski definition) is 6. The topological polar surface area (TPSA) is 115 Å². The lowest BCUT2D eigenvalue weighted by Gasteiger charge is -2.08. The van der Waals surface area contributed by atoms with Gasteiger partial charge in [0, 0.05) is 23.3 Å². The van der Waals surface area contributed by atoms with Crippen molar-refractivity contribution >= 4 is 37.2 Å². The zero-order valence-corrected chi connectivity index (χ0v) is 20.0. The summed E-state index contributed by atoms with van der Waals surface area (Å²) in [6.07, 6.45) is 1.70. The van der Waals surface area contributed by atoms with E-state index in [-0.39, 0.29) is 23.3 Å². The van der Waals surface area contributed by atoms with Gasteiger partial charge in [0.05, 0.1) is 0 Å². The van der Waals surface area contributed by atoms with Crippen molar-refractivity contribution in [2.45, 2.75) is 62.2 Å². The van der Waals surface area contributed by atoms with Gasteiger partial charge in [-0.2, -0.15) is 25.3 Å². The molecule has 0 aliphatic carbocycles. The number of benzene rings is 2. The number of carbonyl (C=O) groups is 2. The number of aliphatic hydroxyl groups is 2. The fraction of sp³-hybridized carbons (Fsp3) is 0.417. The summed E-state index contributed by atoms with van der Waals surface area (Å²) in [5.41, 5.74) is 2.15. The Labute approximate surface area is 201 Å². The number of aliphatic hydroxyl groups excluding tert-OH is 1. The van der Waals surface area contributed by atoms with Crippen LogP contribution in [0.15, 0.2) is 60.7 Å². The molecule has 0 amide bonds. The molecule has 2 rings (SSSR count). The third-order valence-corrected chi connectivity index (χ3v) is 5.29. The van der Waals surface area contributed by atoms with Crippen molar-refractivity contribution in [1.82, 2.24) is 0 Å². The molecule has 2 atom stereocenters. The molecule has 4 N–H and O–H groups in total. The quantitative estimate of drug-likeness (QED) is 0.206. The van der Waals surface area contributed by atoms with Crippen molar-refractivity contribution < 1.29 is 30.0 Å². The van der Waals surface area contributed by atoms with Crippen LogP contribution in [0.4, 0.5) is 0 Å². The monoisotopic (exact) mass is 482 g/mol. The number of carboxylic acid groups (broad SMARTS) is 2. The number of thiol groups is 2. The lowest BCUT2D eigenvalue weighted by atomic mass is 10.1. The number of rotatable bonds is 10. The Morgan fingerprint density at radius 1 is 0.719 bits per heavy atom. The van der Waals surface area contributed by atoms with Gasteiger partial charge in [0.1, 0.15) is 0 Å². The first kappa shape index (κ1) is 30.0. The highest BCUT2D eigenvalue weighted by molar-refractivity contribution is 7.80. The van der Waals surface area contributed by atoms with Crippen LogP contribution in [0.2, 0.25) is 0 Å². The number of aliphatic carboxylic acids is 2. The number of carboxylic acids is 2. The molecule has 2 aromatic rings. The predicted molar refractivity (Wildman–Crippen MR) is 133 cm³/mol. The van der Waals surface area contributed by atoms with Crippen molar-refractivity contribution in [2.75, 3.05) is 0 Å². The van der Waals surface area contributed by atoms with Gasteiger partial charge in [0.25, 0.3) is 0 Å². The van der Waals surface area contributed by atoms with E-state index < -0.39 is 18.2 Å². The van der Waals surface area contributed by atoms with Crippen LogP contribution in [0.5, 0.6) is 0 Å². The van der Waals surface area contributed by atoms with Gasteiger partial charge < -0.3 is 20.4 Å². The van der Waals surface area contributed by atoms with Gasteiger partial charge in [-0.3, -0.25) is 9.59 Å². The van der Waals surface area contributed by atoms with E-state index in [9.17, 15) is 9.59 Å². The third-order valence-electron chi connectivity index (χ3n) is 4.18. The standard InChI is InChI=1S/2C10H12O2S.C4H10O2/c2*11-10(12)7-6-9(13)8-4-2-1-3-5-8;1-2-3-4(5)6/h2*1-5,9,13H,6-7H2,(H,11,12);4-6H,2-3H2,1H3. The Hall–Kier alpha value is -2.00. The minimum Gasteiger partial charge on any atom is -0.481 e. The van der Waals surface area contributed by atoms with Gasteiger partial charge in [-0.05, 0) is 30.4 Å². The van der Waals surface area contributed by atoms with Crippen molar-refractivity contribution in [1.29, 1.82) is 0 Å². The molecule has 2 aromatic carbocycles. The summed E-state index contributed by atoms with van der Waals surface area (Å²) in [6, 6.07) is 19.4. The molecule has 6 nitrogen and oxygen atoms in total. The molecule has 0 aliphatic heterocycles. The van der Waals surface area contributed by atoms with E-state index in [1.165, 1.54) is 0 Å². The second-order valence-corrected chi connectivity index (χ2v) is 8.23. The zero-order chi connectivity index (χ0) is 24.4. The summed E-state index contributed by atoms with van der Waals surface area (Å²) in [5, 5.41) is 33.2. The van der Waals surface area contributed by atoms with Gasteiger partial charge in [-0.25, -0.2) is 0 Å². The second kappa shape index (κ2) is 18.6. The Balaban J connectivity index is 0.000000484. The molecule has 0 heterocycles. The van der Waals surface area contributed by atoms with Gasteiger partial charge in [0.2, 0.25) is 0 Å². The van der Waals surface area contributed by atoms with Crippen LogP contribution in [0.1, 0.15) is 67.1 Å². The molecule has 2 unspecified atom stereocenters. The molecular formula is C24H34O6S2. The van der Waals surface area contributed by atoms with E-state index in [2.05, 4.69) is 25.3 Å². The van der Waals surface area contributed by atoms with Crippen LogP contribution in [-0.2, 0) is 9.59 Å². The molecule has 0 bridgehead atoms. The summed E-state index contributed by atoms with van der Waals surface area (Å²) in [7, 11) is 0. The lowest BCUT2D eigenvalue weighted by Crippen LogP contribution is -2.01. The molecule has 0 spiro atoms. The maximum Gasteiger partial charge on any atom is 0.303 e. The first-order valence-electron chi connectivity index (χ1n) is 10.4. The van der Waals surface area contributed by atoms with Crippen LogP contribution >= 0.6 is 25.3 Å². The fourth-order valence-electron chi connectivity index (χ4n) is 2.46. The highest BCUT2D eigenvalue weighted by atomic mass is 32.1. The first-order chi connectivity index (χ1) is 15.2. The van der Waals surface area contributed by atoms with Crippen molar-refractivity contribution in [3.05, 3.63) is 71.8 Å². The van der Waals surface area contributed by atoms with E-state index in [4.69, 9.17) is 20.4 Å². The van der Waals surface area contributed by atoms with Gasteiger partial charge >= 0.3 is 11.9 Å². The molecule has 32 heavy (non-hydrogen) atoms. The van der Waals surface area contributed by atoms with Crippen LogP contribution in [0, 0.1) is 0 Å². The van der Waals surface area contributed by atoms with Crippen molar-refractivity contribution in [3.63, 3.8) is 0 Å². The fourth-order valence-corrected chi connectivity index (χ4v) is 3.06. The number of hydrogen-bond acceptors (Lipinski definition) is 6. The normalized spacial score (nSPS) is 11.9. The van der Waals surface area contributed by atoms with Crippen molar-refractivity contribution in [2.24, 2.45) is 0 Å². The molecule has 0 saturated carbocycles. The summed E-state index contributed by atoms with van der Waals surface area (Å²) in [4.78, 5) is 20.6. The maximum atomic E-state index is 10.3. The van der Waals surface area contributed by atoms with E-state index >= 15 is 0 Å². The third kappa shape index (κ3) is 16.7. The molecular weight excluding hydrogens is 448 g/mol. The van der Waals surface area contributed by atoms with Gasteiger partial charge in [-0.1, -0.05) is 74.0 Å². The molecule has 0 fully saturated rings.